The summed E-state index contributed by atoms with van der Waals surface area (Å²) in [4.78, 5) is 11.1. The Morgan fingerprint density at radius 3 is 3.14 bits per heavy atom. The Balaban J connectivity index is 2.20. The number of hydrogen-bond donors (Lipinski definition) is 1. The van der Waals surface area contributed by atoms with Crippen molar-refractivity contribution in [2.24, 2.45) is 0 Å². The summed E-state index contributed by atoms with van der Waals surface area (Å²) < 4.78 is 0. The van der Waals surface area contributed by atoms with E-state index in [9.17, 15) is 0 Å². The van der Waals surface area contributed by atoms with E-state index >= 15 is 0 Å². The summed E-state index contributed by atoms with van der Waals surface area (Å²) in [5, 5.41) is 3.36. The van der Waals surface area contributed by atoms with Crippen molar-refractivity contribution in [3.05, 3.63) is 23.8 Å². The van der Waals surface area contributed by atoms with Crippen molar-refractivity contribution in [1.29, 1.82) is 0 Å². The molecule has 0 spiro atoms. The summed E-state index contributed by atoms with van der Waals surface area (Å²) in [6, 6.07) is 2.25. The maximum Gasteiger partial charge on any atom is 0.146 e. The topological polar surface area (TPSA) is 41.1 Å². The van der Waals surface area contributed by atoms with Crippen LogP contribution in [0.1, 0.15) is 17.6 Å². The minimum Gasteiger partial charge on any atom is -0.313 e. The molecule has 1 atom stereocenters. The van der Waals surface area contributed by atoms with E-state index in [1.54, 1.807) is 0 Å². The Morgan fingerprint density at radius 1 is 1.57 bits per heavy atom. The predicted octanol–water partition coefficient (Wildman–Crippen LogP) is 0.361. The first-order chi connectivity index (χ1) is 6.77. The quantitative estimate of drug-likeness (QED) is 0.697. The number of nitrogens with zero attached hydrogens (tertiary/aromatic N) is 3. The lowest BCUT2D eigenvalue weighted by molar-refractivity contribution is 0.194. The molecule has 2 rings (SSSR count). The van der Waals surface area contributed by atoms with Gasteiger partial charge in [-0.15, -0.1) is 0 Å². The van der Waals surface area contributed by atoms with Crippen LogP contribution < -0.4 is 5.32 Å². The summed E-state index contributed by atoms with van der Waals surface area (Å²) in [6.45, 7) is 5.06. The largest absolute Gasteiger partial charge is 0.313 e. The molecule has 0 radical (unpaired) electrons. The molecule has 1 fully saturated rings. The normalized spacial score (nSPS) is 23.7. The van der Waals surface area contributed by atoms with Crippen LogP contribution in [0.3, 0.4) is 0 Å². The minimum absolute atomic E-state index is 0.323. The smallest absolute Gasteiger partial charge is 0.146 e. The molecule has 0 amide bonds. The maximum atomic E-state index is 4.45. The monoisotopic (exact) mass is 192 g/mol. The van der Waals surface area contributed by atoms with Crippen molar-refractivity contribution in [2.75, 3.05) is 26.7 Å². The Kier molecular flexibility index (Phi) is 2.74. The van der Waals surface area contributed by atoms with Gasteiger partial charge in [0.25, 0.3) is 0 Å². The Bertz CT molecular complexity index is 313. The summed E-state index contributed by atoms with van der Waals surface area (Å²) >= 11 is 0. The zero-order chi connectivity index (χ0) is 9.97. The van der Waals surface area contributed by atoms with Crippen molar-refractivity contribution in [2.45, 2.75) is 13.0 Å². The average Bonchev–Trinajstić information content (AvgIpc) is 2.18. The third-order valence-corrected chi connectivity index (χ3v) is 2.62. The molecule has 1 aliphatic heterocycles. The molecule has 0 aliphatic carbocycles. The third kappa shape index (κ3) is 1.91. The van der Waals surface area contributed by atoms with Gasteiger partial charge in [-0.1, -0.05) is 0 Å². The van der Waals surface area contributed by atoms with Gasteiger partial charge in [0.05, 0.1) is 6.04 Å². The fourth-order valence-electron chi connectivity index (χ4n) is 1.72. The first kappa shape index (κ1) is 9.55. The van der Waals surface area contributed by atoms with Gasteiger partial charge in [0.1, 0.15) is 5.82 Å². The van der Waals surface area contributed by atoms with Gasteiger partial charge in [0.15, 0.2) is 0 Å². The molecule has 2 heterocycles. The molecule has 0 saturated carbocycles. The van der Waals surface area contributed by atoms with Gasteiger partial charge < -0.3 is 5.32 Å². The van der Waals surface area contributed by atoms with E-state index in [1.165, 1.54) is 0 Å². The highest BCUT2D eigenvalue weighted by Gasteiger charge is 2.22. The van der Waals surface area contributed by atoms with Crippen molar-refractivity contribution >= 4 is 0 Å². The van der Waals surface area contributed by atoms with Crippen LogP contribution in [0.15, 0.2) is 12.3 Å². The second-order valence-electron chi connectivity index (χ2n) is 3.76. The molecule has 1 saturated heterocycles. The van der Waals surface area contributed by atoms with Crippen LogP contribution in [0.4, 0.5) is 0 Å². The van der Waals surface area contributed by atoms with Crippen LogP contribution in [-0.4, -0.2) is 41.5 Å². The van der Waals surface area contributed by atoms with Crippen LogP contribution >= 0.6 is 0 Å². The molecule has 1 aliphatic rings. The number of likely N-dealkylation sites (N-methyl/N-ethyl adjacent to an activating group) is 1. The highest BCUT2D eigenvalue weighted by molar-refractivity contribution is 5.04. The van der Waals surface area contributed by atoms with Crippen LogP contribution in [0, 0.1) is 6.92 Å². The van der Waals surface area contributed by atoms with Gasteiger partial charge in [-0.05, 0) is 20.0 Å². The molecule has 4 heteroatoms. The summed E-state index contributed by atoms with van der Waals surface area (Å²) in [5.41, 5.74) is 1.04. The Morgan fingerprint density at radius 2 is 2.43 bits per heavy atom. The molecular weight excluding hydrogens is 176 g/mol. The Labute approximate surface area is 84.4 Å². The predicted molar refractivity (Wildman–Crippen MR) is 55.0 cm³/mol. The van der Waals surface area contributed by atoms with Gasteiger partial charge in [-0.25, -0.2) is 9.97 Å². The molecule has 14 heavy (non-hydrogen) atoms. The Hall–Kier alpha value is -1.00. The second-order valence-corrected chi connectivity index (χ2v) is 3.76. The van der Waals surface area contributed by atoms with Gasteiger partial charge in [-0.2, -0.15) is 0 Å². The zero-order valence-corrected chi connectivity index (χ0v) is 8.70. The first-order valence-corrected chi connectivity index (χ1v) is 4.98. The third-order valence-electron chi connectivity index (χ3n) is 2.62. The van der Waals surface area contributed by atoms with Gasteiger partial charge in [0, 0.05) is 31.5 Å². The lowest BCUT2D eigenvalue weighted by atomic mass is 10.2. The molecule has 0 aromatic carbocycles. The number of aryl methyl sites for hydroxylation is 1. The van der Waals surface area contributed by atoms with E-state index in [4.69, 9.17) is 0 Å². The molecule has 1 N–H and O–H groups in total. The highest BCUT2D eigenvalue weighted by Crippen LogP contribution is 2.16. The van der Waals surface area contributed by atoms with E-state index < -0.39 is 0 Å². The standard InChI is InChI=1S/C10H16N4/c1-8-3-4-12-10(13-8)9-7-11-5-6-14(9)2/h3-4,9,11H,5-7H2,1-2H3. The van der Waals surface area contributed by atoms with Crippen LogP contribution in [0.2, 0.25) is 0 Å². The van der Waals surface area contributed by atoms with E-state index in [0.717, 1.165) is 31.2 Å². The SMILES string of the molecule is Cc1ccnc(C2CNCCN2C)n1. The average molecular weight is 192 g/mol. The lowest BCUT2D eigenvalue weighted by Gasteiger charge is -2.31. The molecular formula is C10H16N4. The number of nitrogens with one attached hydrogen (secondary N) is 1. The van der Waals surface area contributed by atoms with E-state index in [-0.39, 0.29) is 0 Å². The molecule has 0 bridgehead atoms. The molecule has 1 aromatic heterocycles. The summed E-state index contributed by atoms with van der Waals surface area (Å²) in [7, 11) is 2.12. The number of piperazine rings is 1. The van der Waals surface area contributed by atoms with E-state index in [1.807, 2.05) is 19.2 Å². The van der Waals surface area contributed by atoms with Gasteiger partial charge in [0.2, 0.25) is 0 Å². The fraction of sp³-hybridized carbons (Fsp3) is 0.600. The van der Waals surface area contributed by atoms with E-state index in [0.29, 0.717) is 6.04 Å². The number of aromatic nitrogens is 2. The molecule has 76 valence electrons. The van der Waals surface area contributed by atoms with Crippen LogP contribution in [0.25, 0.3) is 0 Å². The van der Waals surface area contributed by atoms with Crippen LogP contribution in [-0.2, 0) is 0 Å². The summed E-state index contributed by atoms with van der Waals surface area (Å²) in [5.74, 6) is 0.930. The van der Waals surface area contributed by atoms with Gasteiger partial charge in [-0.3, -0.25) is 4.90 Å². The van der Waals surface area contributed by atoms with Crippen LogP contribution in [0.5, 0.6) is 0 Å². The van der Waals surface area contributed by atoms with E-state index in [2.05, 4.69) is 27.2 Å². The van der Waals surface area contributed by atoms with Crippen molar-refractivity contribution in [1.82, 2.24) is 20.2 Å². The highest BCUT2D eigenvalue weighted by atomic mass is 15.2. The lowest BCUT2D eigenvalue weighted by Crippen LogP contribution is -2.44. The molecule has 1 unspecified atom stereocenters. The summed E-state index contributed by atoms with van der Waals surface area (Å²) in [6.07, 6.45) is 1.83. The first-order valence-electron chi connectivity index (χ1n) is 4.98. The van der Waals surface area contributed by atoms with Gasteiger partial charge >= 0.3 is 0 Å². The molecule has 1 aromatic rings. The maximum absolute atomic E-state index is 4.45. The minimum atomic E-state index is 0.323. The zero-order valence-electron chi connectivity index (χ0n) is 8.70. The van der Waals surface area contributed by atoms with Crippen molar-refractivity contribution < 1.29 is 0 Å². The fourth-order valence-corrected chi connectivity index (χ4v) is 1.72. The number of rotatable bonds is 1. The van der Waals surface area contributed by atoms with Crippen molar-refractivity contribution in [3.8, 4) is 0 Å². The second kappa shape index (κ2) is 4.02. The molecule has 4 nitrogen and oxygen atoms in total. The van der Waals surface area contributed by atoms with Crippen molar-refractivity contribution in [3.63, 3.8) is 0 Å². The number of hydrogen-bond acceptors (Lipinski definition) is 4.